The lowest BCUT2D eigenvalue weighted by Gasteiger charge is -2.36. The van der Waals surface area contributed by atoms with E-state index in [1.165, 1.54) is 11.3 Å². The van der Waals surface area contributed by atoms with E-state index in [9.17, 15) is 9.59 Å². The van der Waals surface area contributed by atoms with Crippen molar-refractivity contribution < 1.29 is 4.79 Å². The summed E-state index contributed by atoms with van der Waals surface area (Å²) in [5.74, 6) is 0.638. The molecule has 2 aromatic rings. The second-order valence-electron chi connectivity index (χ2n) is 5.83. The Kier molecular flexibility index (Phi) is 4.45. The maximum Gasteiger partial charge on any atom is 0.340 e. The van der Waals surface area contributed by atoms with Crippen LogP contribution in [0, 0.1) is 6.92 Å². The zero-order chi connectivity index (χ0) is 16.2. The van der Waals surface area contributed by atoms with Crippen molar-refractivity contribution in [2.24, 2.45) is 0 Å². The minimum absolute atomic E-state index is 0.109. The molecular weight excluding hydrogens is 294 g/mol. The number of amides is 1. The standard InChI is InChI=1S/C16H21N5O2/c1-12-2-4-13(5-3-12)20-8-10-21(11-9-20)15(22)7-6-14-17-16(23)19-18-14/h2-5H,6-11H2,1H3,(H2,17,18,19,23). The number of aryl methyl sites for hydroxylation is 2. The number of nitrogens with one attached hydrogen (secondary N) is 2. The Morgan fingerprint density at radius 3 is 2.48 bits per heavy atom. The number of rotatable bonds is 4. The quantitative estimate of drug-likeness (QED) is 0.869. The van der Waals surface area contributed by atoms with E-state index in [1.807, 2.05) is 4.90 Å². The van der Waals surface area contributed by atoms with Crippen molar-refractivity contribution in [1.82, 2.24) is 20.1 Å². The largest absolute Gasteiger partial charge is 0.368 e. The maximum atomic E-state index is 12.2. The summed E-state index contributed by atoms with van der Waals surface area (Å²) in [5.41, 5.74) is 2.12. The molecule has 7 heteroatoms. The summed E-state index contributed by atoms with van der Waals surface area (Å²) in [6.07, 6.45) is 0.821. The highest BCUT2D eigenvalue weighted by molar-refractivity contribution is 5.76. The van der Waals surface area contributed by atoms with Gasteiger partial charge in [0.05, 0.1) is 0 Å². The zero-order valence-corrected chi connectivity index (χ0v) is 13.2. The summed E-state index contributed by atoms with van der Waals surface area (Å²) < 4.78 is 0. The summed E-state index contributed by atoms with van der Waals surface area (Å²) >= 11 is 0. The molecule has 1 aliphatic heterocycles. The molecule has 0 spiro atoms. The Labute approximate surface area is 134 Å². The number of carbonyl (C=O) groups is 1. The van der Waals surface area contributed by atoms with Crippen LogP contribution in [0.5, 0.6) is 0 Å². The van der Waals surface area contributed by atoms with Crippen molar-refractivity contribution in [3.8, 4) is 0 Å². The minimum Gasteiger partial charge on any atom is -0.368 e. The van der Waals surface area contributed by atoms with Crippen LogP contribution < -0.4 is 10.6 Å². The van der Waals surface area contributed by atoms with Crippen LogP contribution in [-0.2, 0) is 11.2 Å². The first kappa shape index (κ1) is 15.3. The topological polar surface area (TPSA) is 85.1 Å². The van der Waals surface area contributed by atoms with Crippen LogP contribution in [0.1, 0.15) is 17.8 Å². The third-order valence-corrected chi connectivity index (χ3v) is 4.16. The molecular formula is C16H21N5O2. The summed E-state index contributed by atoms with van der Waals surface area (Å²) in [7, 11) is 0. The molecule has 1 aromatic carbocycles. The SMILES string of the molecule is Cc1ccc(N2CCN(C(=O)CCc3n[nH]c(=O)[nH]3)CC2)cc1. The van der Waals surface area contributed by atoms with Crippen LogP contribution in [-0.4, -0.2) is 52.2 Å². The molecule has 122 valence electrons. The van der Waals surface area contributed by atoms with Gasteiger partial charge in [-0.2, -0.15) is 5.10 Å². The van der Waals surface area contributed by atoms with Crippen molar-refractivity contribution in [3.05, 3.63) is 46.1 Å². The van der Waals surface area contributed by atoms with Gasteiger partial charge in [0, 0.05) is 44.7 Å². The minimum atomic E-state index is -0.334. The van der Waals surface area contributed by atoms with Gasteiger partial charge in [-0.1, -0.05) is 17.7 Å². The van der Waals surface area contributed by atoms with E-state index >= 15 is 0 Å². The average molecular weight is 315 g/mol. The van der Waals surface area contributed by atoms with Gasteiger partial charge in [-0.15, -0.1) is 0 Å². The number of carbonyl (C=O) groups excluding carboxylic acids is 1. The van der Waals surface area contributed by atoms with Crippen LogP contribution in [0.3, 0.4) is 0 Å². The molecule has 0 unspecified atom stereocenters. The highest BCUT2D eigenvalue weighted by atomic mass is 16.2. The predicted octanol–water partition coefficient (Wildman–Crippen LogP) is 0.688. The molecule has 0 bridgehead atoms. The fourth-order valence-corrected chi connectivity index (χ4v) is 2.78. The molecule has 23 heavy (non-hydrogen) atoms. The van der Waals surface area contributed by atoms with E-state index in [0.717, 1.165) is 26.2 Å². The normalized spacial score (nSPS) is 15.0. The molecule has 0 aliphatic carbocycles. The number of aromatic nitrogens is 3. The summed E-state index contributed by atoms with van der Waals surface area (Å²) in [5, 5.41) is 6.13. The second kappa shape index (κ2) is 6.68. The Morgan fingerprint density at radius 2 is 1.87 bits per heavy atom. The maximum absolute atomic E-state index is 12.2. The van der Waals surface area contributed by atoms with E-state index in [-0.39, 0.29) is 11.6 Å². The van der Waals surface area contributed by atoms with Gasteiger partial charge in [0.1, 0.15) is 5.82 Å². The molecule has 0 atom stereocenters. The lowest BCUT2D eigenvalue weighted by Crippen LogP contribution is -2.48. The number of piperazine rings is 1. The predicted molar refractivity (Wildman–Crippen MR) is 87.5 cm³/mol. The molecule has 0 saturated carbocycles. The fraction of sp³-hybridized carbons (Fsp3) is 0.438. The van der Waals surface area contributed by atoms with Gasteiger partial charge in [-0.05, 0) is 19.1 Å². The van der Waals surface area contributed by atoms with Crippen molar-refractivity contribution >= 4 is 11.6 Å². The first-order valence-corrected chi connectivity index (χ1v) is 7.85. The Bertz CT molecular complexity index is 711. The van der Waals surface area contributed by atoms with Gasteiger partial charge in [0.25, 0.3) is 0 Å². The van der Waals surface area contributed by atoms with Gasteiger partial charge >= 0.3 is 5.69 Å². The molecule has 3 rings (SSSR count). The average Bonchev–Trinajstić information content (AvgIpc) is 2.99. The number of benzene rings is 1. The molecule has 1 aromatic heterocycles. The van der Waals surface area contributed by atoms with E-state index in [0.29, 0.717) is 18.7 Å². The molecule has 0 radical (unpaired) electrons. The van der Waals surface area contributed by atoms with Crippen LogP contribution >= 0.6 is 0 Å². The Morgan fingerprint density at radius 1 is 1.17 bits per heavy atom. The number of anilines is 1. The van der Waals surface area contributed by atoms with E-state index in [4.69, 9.17) is 0 Å². The third kappa shape index (κ3) is 3.80. The second-order valence-corrected chi connectivity index (χ2v) is 5.83. The van der Waals surface area contributed by atoms with Crippen molar-refractivity contribution in [2.45, 2.75) is 19.8 Å². The van der Waals surface area contributed by atoms with Crippen molar-refractivity contribution in [1.29, 1.82) is 0 Å². The number of nitrogens with zero attached hydrogens (tertiary/aromatic N) is 3. The van der Waals surface area contributed by atoms with E-state index < -0.39 is 0 Å². The number of aromatic amines is 2. The monoisotopic (exact) mass is 315 g/mol. The smallest absolute Gasteiger partial charge is 0.340 e. The molecule has 7 nitrogen and oxygen atoms in total. The van der Waals surface area contributed by atoms with Crippen LogP contribution in [0.15, 0.2) is 29.1 Å². The molecule has 2 heterocycles. The van der Waals surface area contributed by atoms with Crippen LogP contribution in [0.25, 0.3) is 0 Å². The first-order valence-electron chi connectivity index (χ1n) is 7.85. The third-order valence-electron chi connectivity index (χ3n) is 4.16. The molecule has 1 aliphatic rings. The molecule has 1 saturated heterocycles. The Balaban J connectivity index is 1.49. The molecule has 2 N–H and O–H groups in total. The van der Waals surface area contributed by atoms with E-state index in [2.05, 4.69) is 51.3 Å². The van der Waals surface area contributed by atoms with Gasteiger partial charge in [-0.3, -0.25) is 9.78 Å². The summed E-state index contributed by atoms with van der Waals surface area (Å²) in [6, 6.07) is 8.47. The van der Waals surface area contributed by atoms with Crippen molar-refractivity contribution in [2.75, 3.05) is 31.1 Å². The number of hydrogen-bond donors (Lipinski definition) is 2. The lowest BCUT2D eigenvalue weighted by atomic mass is 10.2. The van der Waals surface area contributed by atoms with Crippen molar-refractivity contribution in [3.63, 3.8) is 0 Å². The van der Waals surface area contributed by atoms with Gasteiger partial charge < -0.3 is 9.80 Å². The van der Waals surface area contributed by atoms with Gasteiger partial charge in [0.15, 0.2) is 0 Å². The molecule has 1 amide bonds. The van der Waals surface area contributed by atoms with Crippen LogP contribution in [0.4, 0.5) is 5.69 Å². The fourth-order valence-electron chi connectivity index (χ4n) is 2.78. The zero-order valence-electron chi connectivity index (χ0n) is 13.2. The number of H-pyrrole nitrogens is 2. The first-order chi connectivity index (χ1) is 11.1. The van der Waals surface area contributed by atoms with Gasteiger partial charge in [-0.25, -0.2) is 9.89 Å². The Hall–Kier alpha value is -2.57. The summed E-state index contributed by atoms with van der Waals surface area (Å²) in [4.78, 5) is 29.9. The summed E-state index contributed by atoms with van der Waals surface area (Å²) in [6.45, 7) is 5.21. The molecule has 1 fully saturated rings. The van der Waals surface area contributed by atoms with E-state index in [1.54, 1.807) is 0 Å². The highest BCUT2D eigenvalue weighted by Gasteiger charge is 2.21. The van der Waals surface area contributed by atoms with Gasteiger partial charge in [0.2, 0.25) is 5.91 Å². The highest BCUT2D eigenvalue weighted by Crippen LogP contribution is 2.17. The van der Waals surface area contributed by atoms with Crippen LogP contribution in [0.2, 0.25) is 0 Å². The lowest BCUT2D eigenvalue weighted by molar-refractivity contribution is -0.131. The number of hydrogen-bond acceptors (Lipinski definition) is 4.